The van der Waals surface area contributed by atoms with Gasteiger partial charge in [-0.2, -0.15) is 0 Å². The second kappa shape index (κ2) is 5.37. The Morgan fingerprint density at radius 1 is 1.25 bits per heavy atom. The molecule has 4 nitrogen and oxygen atoms in total. The quantitative estimate of drug-likeness (QED) is 0.802. The average Bonchev–Trinajstić information content (AvgIpc) is 2.25. The van der Waals surface area contributed by atoms with Crippen molar-refractivity contribution in [2.24, 2.45) is 0 Å². The van der Waals surface area contributed by atoms with Crippen LogP contribution in [0, 0.1) is 0 Å². The van der Waals surface area contributed by atoms with Crippen LogP contribution in [0.25, 0.3) is 0 Å². The fourth-order valence-electron chi connectivity index (χ4n) is 1.26. The summed E-state index contributed by atoms with van der Waals surface area (Å²) >= 11 is 0. The van der Waals surface area contributed by atoms with Crippen molar-refractivity contribution in [3.8, 4) is 0 Å². The SMILES string of the molecule is CC(C)(C)c1cnc(CCC(O)CO)nc1. The fraction of sp³-hybridized carbons (Fsp3) is 0.667. The third kappa shape index (κ3) is 3.87. The summed E-state index contributed by atoms with van der Waals surface area (Å²) in [5, 5.41) is 17.9. The first-order valence-corrected chi connectivity index (χ1v) is 5.54. The van der Waals surface area contributed by atoms with E-state index in [1.54, 1.807) is 0 Å². The van der Waals surface area contributed by atoms with E-state index in [1.807, 2.05) is 12.4 Å². The van der Waals surface area contributed by atoms with Crippen molar-refractivity contribution >= 4 is 0 Å². The van der Waals surface area contributed by atoms with Crippen molar-refractivity contribution in [1.82, 2.24) is 9.97 Å². The summed E-state index contributed by atoms with van der Waals surface area (Å²) in [5.41, 5.74) is 1.15. The van der Waals surface area contributed by atoms with E-state index < -0.39 is 6.10 Å². The minimum absolute atomic E-state index is 0.0587. The first-order chi connectivity index (χ1) is 7.43. The molecule has 0 fully saturated rings. The number of aromatic nitrogens is 2. The van der Waals surface area contributed by atoms with Crippen molar-refractivity contribution in [3.63, 3.8) is 0 Å². The van der Waals surface area contributed by atoms with Gasteiger partial charge >= 0.3 is 0 Å². The van der Waals surface area contributed by atoms with E-state index in [0.717, 1.165) is 5.56 Å². The Kier molecular flexibility index (Phi) is 4.38. The van der Waals surface area contributed by atoms with Gasteiger partial charge in [-0.3, -0.25) is 0 Å². The zero-order chi connectivity index (χ0) is 12.2. The van der Waals surface area contributed by atoms with Gasteiger partial charge < -0.3 is 10.2 Å². The number of hydrogen-bond donors (Lipinski definition) is 2. The molecule has 1 rings (SSSR count). The van der Waals surface area contributed by atoms with Crippen LogP contribution < -0.4 is 0 Å². The zero-order valence-electron chi connectivity index (χ0n) is 10.1. The number of aliphatic hydroxyl groups excluding tert-OH is 2. The third-order valence-corrected chi connectivity index (χ3v) is 2.48. The summed E-state index contributed by atoms with van der Waals surface area (Å²) in [5.74, 6) is 0.709. The lowest BCUT2D eigenvalue weighted by Gasteiger charge is -2.17. The molecule has 16 heavy (non-hydrogen) atoms. The van der Waals surface area contributed by atoms with E-state index in [-0.39, 0.29) is 12.0 Å². The van der Waals surface area contributed by atoms with E-state index in [0.29, 0.717) is 18.7 Å². The smallest absolute Gasteiger partial charge is 0.128 e. The first-order valence-electron chi connectivity index (χ1n) is 5.54. The molecule has 0 aliphatic rings. The summed E-state index contributed by atoms with van der Waals surface area (Å²) < 4.78 is 0. The van der Waals surface area contributed by atoms with E-state index in [2.05, 4.69) is 30.7 Å². The van der Waals surface area contributed by atoms with Crippen LogP contribution in [0.1, 0.15) is 38.6 Å². The van der Waals surface area contributed by atoms with Crippen molar-refractivity contribution in [2.45, 2.75) is 45.1 Å². The van der Waals surface area contributed by atoms with Crippen molar-refractivity contribution in [2.75, 3.05) is 6.61 Å². The van der Waals surface area contributed by atoms with Gasteiger partial charge in [-0.25, -0.2) is 9.97 Å². The molecule has 0 radical (unpaired) electrons. The Hall–Kier alpha value is -1.00. The van der Waals surface area contributed by atoms with Crippen LogP contribution in [-0.4, -0.2) is 32.9 Å². The molecular weight excluding hydrogens is 204 g/mol. The molecule has 1 aromatic heterocycles. The fourth-order valence-corrected chi connectivity index (χ4v) is 1.26. The molecule has 1 aromatic rings. The molecule has 0 spiro atoms. The summed E-state index contributed by atoms with van der Waals surface area (Å²) in [7, 11) is 0. The first kappa shape index (κ1) is 13.1. The highest BCUT2D eigenvalue weighted by atomic mass is 16.3. The monoisotopic (exact) mass is 224 g/mol. The number of hydrogen-bond acceptors (Lipinski definition) is 4. The lowest BCUT2D eigenvalue weighted by Crippen LogP contribution is -2.15. The van der Waals surface area contributed by atoms with Gasteiger partial charge in [0.1, 0.15) is 5.82 Å². The van der Waals surface area contributed by atoms with Crippen LogP contribution >= 0.6 is 0 Å². The van der Waals surface area contributed by atoms with E-state index in [9.17, 15) is 5.11 Å². The van der Waals surface area contributed by atoms with Gasteiger partial charge in [0.15, 0.2) is 0 Å². The molecule has 0 aliphatic carbocycles. The van der Waals surface area contributed by atoms with Gasteiger partial charge in [0, 0.05) is 18.8 Å². The van der Waals surface area contributed by atoms with Crippen LogP contribution in [0.3, 0.4) is 0 Å². The van der Waals surface area contributed by atoms with Crippen molar-refractivity contribution in [3.05, 3.63) is 23.8 Å². The summed E-state index contributed by atoms with van der Waals surface area (Å²) in [6, 6.07) is 0. The lowest BCUT2D eigenvalue weighted by molar-refractivity contribution is 0.0881. The normalized spacial score (nSPS) is 13.8. The van der Waals surface area contributed by atoms with E-state index in [1.165, 1.54) is 0 Å². The maximum atomic E-state index is 9.20. The molecule has 4 heteroatoms. The molecule has 0 saturated heterocycles. The molecule has 1 heterocycles. The van der Waals surface area contributed by atoms with Gasteiger partial charge in [-0.15, -0.1) is 0 Å². The summed E-state index contributed by atoms with van der Waals surface area (Å²) in [4.78, 5) is 8.50. The Balaban J connectivity index is 2.58. The molecular formula is C12H20N2O2. The highest BCUT2D eigenvalue weighted by Crippen LogP contribution is 2.20. The van der Waals surface area contributed by atoms with Gasteiger partial charge in [0.2, 0.25) is 0 Å². The van der Waals surface area contributed by atoms with Crippen LogP contribution in [-0.2, 0) is 11.8 Å². The van der Waals surface area contributed by atoms with Gasteiger partial charge in [-0.05, 0) is 17.4 Å². The topological polar surface area (TPSA) is 66.2 Å². The third-order valence-electron chi connectivity index (χ3n) is 2.48. The van der Waals surface area contributed by atoms with Crippen LogP contribution in [0.4, 0.5) is 0 Å². The summed E-state index contributed by atoms with van der Waals surface area (Å²) in [6.07, 6.45) is 4.06. The number of aliphatic hydroxyl groups is 2. The second-order valence-corrected chi connectivity index (χ2v) is 5.01. The van der Waals surface area contributed by atoms with Gasteiger partial charge in [-0.1, -0.05) is 20.8 Å². The lowest BCUT2D eigenvalue weighted by atomic mass is 9.89. The van der Waals surface area contributed by atoms with E-state index in [4.69, 9.17) is 5.11 Å². The zero-order valence-corrected chi connectivity index (χ0v) is 10.1. The Morgan fingerprint density at radius 3 is 2.25 bits per heavy atom. The van der Waals surface area contributed by atoms with Gasteiger partial charge in [0.25, 0.3) is 0 Å². The molecule has 0 saturated carbocycles. The molecule has 0 amide bonds. The molecule has 0 aromatic carbocycles. The highest BCUT2D eigenvalue weighted by Gasteiger charge is 2.14. The van der Waals surface area contributed by atoms with Crippen LogP contribution in [0.5, 0.6) is 0 Å². The Morgan fingerprint density at radius 2 is 1.81 bits per heavy atom. The number of nitrogens with zero attached hydrogens (tertiary/aromatic N) is 2. The second-order valence-electron chi connectivity index (χ2n) is 5.01. The average molecular weight is 224 g/mol. The Labute approximate surface area is 96.4 Å². The molecule has 0 aliphatic heterocycles. The molecule has 90 valence electrons. The van der Waals surface area contributed by atoms with E-state index >= 15 is 0 Å². The molecule has 2 N–H and O–H groups in total. The molecule has 1 atom stereocenters. The van der Waals surface area contributed by atoms with Gasteiger partial charge in [0.05, 0.1) is 12.7 Å². The predicted molar refractivity (Wildman–Crippen MR) is 62.1 cm³/mol. The molecule has 1 unspecified atom stereocenters. The Bertz CT molecular complexity index is 317. The standard InChI is InChI=1S/C12H20N2O2/c1-12(2,3)9-6-13-11(14-7-9)5-4-10(16)8-15/h6-7,10,15-16H,4-5,8H2,1-3H3. The maximum Gasteiger partial charge on any atom is 0.128 e. The molecule has 0 bridgehead atoms. The van der Waals surface area contributed by atoms with Crippen molar-refractivity contribution in [1.29, 1.82) is 0 Å². The minimum Gasteiger partial charge on any atom is -0.394 e. The highest BCUT2D eigenvalue weighted by molar-refractivity contribution is 5.15. The van der Waals surface area contributed by atoms with Crippen LogP contribution in [0.2, 0.25) is 0 Å². The maximum absolute atomic E-state index is 9.20. The predicted octanol–water partition coefficient (Wildman–Crippen LogP) is 1.06. The minimum atomic E-state index is -0.675. The summed E-state index contributed by atoms with van der Waals surface area (Å²) in [6.45, 7) is 6.13. The van der Waals surface area contributed by atoms with Crippen LogP contribution in [0.15, 0.2) is 12.4 Å². The largest absolute Gasteiger partial charge is 0.394 e. The number of rotatable bonds is 4. The van der Waals surface area contributed by atoms with Crippen molar-refractivity contribution < 1.29 is 10.2 Å². The number of aryl methyl sites for hydroxylation is 1.